The summed E-state index contributed by atoms with van der Waals surface area (Å²) >= 11 is 0. The summed E-state index contributed by atoms with van der Waals surface area (Å²) in [5.41, 5.74) is 3.52. The van der Waals surface area contributed by atoms with E-state index in [0.29, 0.717) is 6.42 Å². The Labute approximate surface area is 108 Å². The lowest BCUT2D eigenvalue weighted by molar-refractivity contribution is -0.115. The molecule has 2 aliphatic heterocycles. The van der Waals surface area contributed by atoms with Gasteiger partial charge in [0.1, 0.15) is 0 Å². The van der Waals surface area contributed by atoms with Gasteiger partial charge in [0, 0.05) is 12.2 Å². The topological polar surface area (TPSA) is 32.3 Å². The molecule has 1 fully saturated rings. The predicted molar refractivity (Wildman–Crippen MR) is 72.8 cm³/mol. The molecule has 0 atom stereocenters. The summed E-state index contributed by atoms with van der Waals surface area (Å²) in [4.78, 5) is 13.9. The first-order chi connectivity index (χ1) is 8.81. The number of likely N-dealkylation sites (tertiary alicyclic amines) is 1. The van der Waals surface area contributed by atoms with Gasteiger partial charge in [0.15, 0.2) is 0 Å². The van der Waals surface area contributed by atoms with Crippen LogP contribution in [0, 0.1) is 0 Å². The first kappa shape index (κ1) is 11.7. The molecule has 3 rings (SSSR count). The summed E-state index contributed by atoms with van der Waals surface area (Å²) in [6.45, 7) is 3.66. The molecule has 0 saturated carbocycles. The van der Waals surface area contributed by atoms with Crippen LogP contribution in [0.15, 0.2) is 18.2 Å². The molecular formula is C15H20N2O. The molecule has 3 nitrogen and oxygen atoms in total. The van der Waals surface area contributed by atoms with Gasteiger partial charge in [-0.25, -0.2) is 0 Å². The van der Waals surface area contributed by atoms with Crippen molar-refractivity contribution in [2.24, 2.45) is 0 Å². The van der Waals surface area contributed by atoms with Crippen molar-refractivity contribution in [2.75, 3.05) is 25.0 Å². The second-order valence-electron chi connectivity index (χ2n) is 5.37. The average Bonchev–Trinajstić information content (AvgIpc) is 2.77. The third-order valence-electron chi connectivity index (χ3n) is 3.96. The van der Waals surface area contributed by atoms with Gasteiger partial charge in [0.25, 0.3) is 0 Å². The standard InChI is InChI=1S/C15H20N2O/c18-15-11-13-10-12(4-5-14(13)16-15)6-9-17-7-2-1-3-8-17/h4-5,10H,1-3,6-9,11H2,(H,16,18). The fourth-order valence-corrected chi connectivity index (χ4v) is 2.91. The van der Waals surface area contributed by atoms with E-state index in [9.17, 15) is 4.79 Å². The quantitative estimate of drug-likeness (QED) is 0.884. The van der Waals surface area contributed by atoms with Crippen molar-refractivity contribution >= 4 is 11.6 Å². The van der Waals surface area contributed by atoms with Crippen LogP contribution in [0.4, 0.5) is 5.69 Å². The third kappa shape index (κ3) is 2.56. The zero-order valence-electron chi connectivity index (χ0n) is 10.7. The van der Waals surface area contributed by atoms with Gasteiger partial charge in [-0.3, -0.25) is 4.79 Å². The normalized spacial score (nSPS) is 19.7. The molecule has 2 aliphatic rings. The number of anilines is 1. The zero-order chi connectivity index (χ0) is 12.4. The number of carbonyl (C=O) groups is 1. The van der Waals surface area contributed by atoms with Crippen molar-refractivity contribution in [3.05, 3.63) is 29.3 Å². The number of carbonyl (C=O) groups excluding carboxylic acids is 1. The van der Waals surface area contributed by atoms with Crippen molar-refractivity contribution in [3.63, 3.8) is 0 Å². The van der Waals surface area contributed by atoms with Crippen molar-refractivity contribution in [2.45, 2.75) is 32.1 Å². The molecule has 1 aromatic rings. The zero-order valence-corrected chi connectivity index (χ0v) is 10.7. The highest BCUT2D eigenvalue weighted by Crippen LogP contribution is 2.24. The number of amides is 1. The maximum Gasteiger partial charge on any atom is 0.228 e. The Bertz CT molecular complexity index is 450. The fraction of sp³-hybridized carbons (Fsp3) is 0.533. The Morgan fingerprint density at radius 3 is 2.83 bits per heavy atom. The molecule has 1 amide bonds. The Morgan fingerprint density at radius 2 is 2.00 bits per heavy atom. The number of rotatable bonds is 3. The molecule has 3 heteroatoms. The van der Waals surface area contributed by atoms with Gasteiger partial charge in [-0.15, -0.1) is 0 Å². The maximum atomic E-state index is 11.3. The summed E-state index contributed by atoms with van der Waals surface area (Å²) in [6, 6.07) is 6.39. The largest absolute Gasteiger partial charge is 0.326 e. The molecule has 1 aromatic carbocycles. The van der Waals surface area contributed by atoms with E-state index in [1.54, 1.807) is 0 Å². The molecule has 0 aliphatic carbocycles. The number of hydrogen-bond acceptors (Lipinski definition) is 2. The first-order valence-electron chi connectivity index (χ1n) is 6.95. The van der Waals surface area contributed by atoms with Crippen LogP contribution in [-0.4, -0.2) is 30.4 Å². The number of piperidine rings is 1. The smallest absolute Gasteiger partial charge is 0.228 e. The van der Waals surface area contributed by atoms with Gasteiger partial charge in [-0.1, -0.05) is 18.6 Å². The highest BCUT2D eigenvalue weighted by molar-refractivity contribution is 5.99. The van der Waals surface area contributed by atoms with Gasteiger partial charge >= 0.3 is 0 Å². The van der Waals surface area contributed by atoms with Gasteiger partial charge in [-0.2, -0.15) is 0 Å². The monoisotopic (exact) mass is 244 g/mol. The van der Waals surface area contributed by atoms with Crippen LogP contribution in [-0.2, 0) is 17.6 Å². The molecular weight excluding hydrogens is 224 g/mol. The number of benzene rings is 1. The van der Waals surface area contributed by atoms with Crippen LogP contribution in [0.5, 0.6) is 0 Å². The Morgan fingerprint density at radius 1 is 1.17 bits per heavy atom. The van der Waals surface area contributed by atoms with E-state index in [1.807, 2.05) is 6.07 Å². The fourth-order valence-electron chi connectivity index (χ4n) is 2.91. The van der Waals surface area contributed by atoms with Crippen molar-refractivity contribution < 1.29 is 4.79 Å². The van der Waals surface area contributed by atoms with E-state index >= 15 is 0 Å². The van der Waals surface area contributed by atoms with Gasteiger partial charge in [-0.05, 0) is 49.5 Å². The Balaban J connectivity index is 1.60. The summed E-state index contributed by atoms with van der Waals surface area (Å²) < 4.78 is 0. The van der Waals surface area contributed by atoms with E-state index in [2.05, 4.69) is 22.3 Å². The number of fused-ring (bicyclic) bond motifs is 1. The van der Waals surface area contributed by atoms with Crippen LogP contribution in [0.3, 0.4) is 0 Å². The lowest BCUT2D eigenvalue weighted by Crippen LogP contribution is -2.31. The SMILES string of the molecule is O=C1Cc2cc(CCN3CCCCC3)ccc2N1. The van der Waals surface area contributed by atoms with Gasteiger partial charge < -0.3 is 10.2 Å². The van der Waals surface area contributed by atoms with Gasteiger partial charge in [0.2, 0.25) is 5.91 Å². The second-order valence-corrected chi connectivity index (χ2v) is 5.37. The average molecular weight is 244 g/mol. The molecule has 0 unspecified atom stereocenters. The summed E-state index contributed by atoms with van der Waals surface area (Å²) in [5, 5.41) is 2.88. The molecule has 0 radical (unpaired) electrons. The van der Waals surface area contributed by atoms with Crippen LogP contribution in [0.25, 0.3) is 0 Å². The molecule has 0 aromatic heterocycles. The summed E-state index contributed by atoms with van der Waals surface area (Å²) in [5.74, 6) is 0.123. The van der Waals surface area contributed by atoms with Crippen molar-refractivity contribution in [1.82, 2.24) is 4.90 Å². The van der Waals surface area contributed by atoms with E-state index in [0.717, 1.165) is 24.2 Å². The summed E-state index contributed by atoms with van der Waals surface area (Å²) in [6.07, 6.45) is 5.74. The van der Waals surface area contributed by atoms with Gasteiger partial charge in [0.05, 0.1) is 6.42 Å². The minimum Gasteiger partial charge on any atom is -0.326 e. The highest BCUT2D eigenvalue weighted by atomic mass is 16.1. The maximum absolute atomic E-state index is 11.3. The first-order valence-corrected chi connectivity index (χ1v) is 6.95. The molecule has 1 saturated heterocycles. The molecule has 1 N–H and O–H groups in total. The Hall–Kier alpha value is -1.35. The second kappa shape index (κ2) is 5.11. The van der Waals surface area contributed by atoms with E-state index in [4.69, 9.17) is 0 Å². The van der Waals surface area contributed by atoms with Crippen LogP contribution in [0.1, 0.15) is 30.4 Å². The highest BCUT2D eigenvalue weighted by Gasteiger charge is 2.17. The molecule has 0 spiro atoms. The van der Waals surface area contributed by atoms with Crippen molar-refractivity contribution in [3.8, 4) is 0 Å². The molecule has 18 heavy (non-hydrogen) atoms. The number of nitrogens with zero attached hydrogens (tertiary/aromatic N) is 1. The van der Waals surface area contributed by atoms with Crippen molar-refractivity contribution in [1.29, 1.82) is 0 Å². The lowest BCUT2D eigenvalue weighted by Gasteiger charge is -2.26. The van der Waals surface area contributed by atoms with Crippen LogP contribution in [0.2, 0.25) is 0 Å². The van der Waals surface area contributed by atoms with Crippen LogP contribution >= 0.6 is 0 Å². The third-order valence-corrected chi connectivity index (χ3v) is 3.96. The van der Waals surface area contributed by atoms with E-state index in [-0.39, 0.29) is 5.91 Å². The van der Waals surface area contributed by atoms with E-state index < -0.39 is 0 Å². The number of nitrogens with one attached hydrogen (secondary N) is 1. The Kier molecular flexibility index (Phi) is 3.33. The summed E-state index contributed by atoms with van der Waals surface area (Å²) in [7, 11) is 0. The minimum absolute atomic E-state index is 0.123. The number of hydrogen-bond donors (Lipinski definition) is 1. The molecule has 96 valence electrons. The lowest BCUT2D eigenvalue weighted by atomic mass is 10.0. The molecule has 0 bridgehead atoms. The van der Waals surface area contributed by atoms with E-state index in [1.165, 1.54) is 37.9 Å². The van der Waals surface area contributed by atoms with Crippen LogP contribution < -0.4 is 5.32 Å². The minimum atomic E-state index is 0.123. The molecule has 2 heterocycles. The predicted octanol–water partition coefficient (Wildman–Crippen LogP) is 2.21.